The third kappa shape index (κ3) is 4.66. The van der Waals surface area contributed by atoms with E-state index in [0.717, 1.165) is 25.1 Å². The van der Waals surface area contributed by atoms with Crippen LogP contribution in [0.4, 0.5) is 5.69 Å². The van der Waals surface area contributed by atoms with Crippen LogP contribution in [0.5, 0.6) is 0 Å². The normalized spacial score (nSPS) is 19.8. The van der Waals surface area contributed by atoms with Crippen molar-refractivity contribution in [1.82, 2.24) is 14.7 Å². The van der Waals surface area contributed by atoms with Crippen molar-refractivity contribution < 1.29 is 9.90 Å². The molecule has 128 valence electrons. The Morgan fingerprint density at radius 2 is 2.12 bits per heavy atom. The molecule has 2 heterocycles. The van der Waals surface area contributed by atoms with Crippen molar-refractivity contribution in [2.75, 3.05) is 25.0 Å². The second-order valence-electron chi connectivity index (χ2n) is 6.34. The van der Waals surface area contributed by atoms with Gasteiger partial charge in [-0.3, -0.25) is 14.4 Å². The summed E-state index contributed by atoms with van der Waals surface area (Å²) < 4.78 is 1.73. The summed E-state index contributed by atoms with van der Waals surface area (Å²) in [6.45, 7) is 2.65. The van der Waals surface area contributed by atoms with Crippen LogP contribution < -0.4 is 5.32 Å². The fraction of sp³-hybridized carbons (Fsp3) is 0.444. The number of aromatic nitrogens is 2. The van der Waals surface area contributed by atoms with Crippen molar-refractivity contribution in [1.29, 1.82) is 0 Å². The number of hydrogen-bond donors (Lipinski definition) is 2. The van der Waals surface area contributed by atoms with E-state index in [2.05, 4.69) is 15.3 Å². The Morgan fingerprint density at radius 1 is 1.29 bits per heavy atom. The van der Waals surface area contributed by atoms with E-state index in [0.29, 0.717) is 19.6 Å². The zero-order valence-electron chi connectivity index (χ0n) is 13.7. The molecule has 2 N–H and O–H groups in total. The van der Waals surface area contributed by atoms with E-state index in [4.69, 9.17) is 0 Å². The second kappa shape index (κ2) is 8.08. The van der Waals surface area contributed by atoms with Crippen LogP contribution in [0.3, 0.4) is 0 Å². The lowest BCUT2D eigenvalue weighted by atomic mass is 9.96. The van der Waals surface area contributed by atoms with Crippen LogP contribution in [0.15, 0.2) is 48.8 Å². The minimum atomic E-state index is -0.485. The van der Waals surface area contributed by atoms with Gasteiger partial charge in [0.1, 0.15) is 0 Å². The van der Waals surface area contributed by atoms with E-state index in [-0.39, 0.29) is 11.8 Å². The zero-order valence-corrected chi connectivity index (χ0v) is 13.7. The average Bonchev–Trinajstić information content (AvgIpc) is 3.09. The molecule has 0 bridgehead atoms. The molecule has 0 spiro atoms. The lowest BCUT2D eigenvalue weighted by Crippen LogP contribution is -2.44. The highest BCUT2D eigenvalue weighted by atomic mass is 16.3. The number of nitrogens with zero attached hydrogens (tertiary/aromatic N) is 3. The molecule has 3 rings (SSSR count). The summed E-state index contributed by atoms with van der Waals surface area (Å²) in [5.74, 6) is 0.0309. The number of rotatable bonds is 6. The number of aliphatic hydroxyl groups excluding tert-OH is 1. The second-order valence-corrected chi connectivity index (χ2v) is 6.34. The Kier molecular flexibility index (Phi) is 5.61. The number of β-amino-alcohol motifs (C(OH)–C–C–N with tert-alkyl or cyclic N) is 1. The van der Waals surface area contributed by atoms with Crippen molar-refractivity contribution in [2.24, 2.45) is 5.92 Å². The first-order chi connectivity index (χ1) is 11.7. The molecule has 1 saturated heterocycles. The first-order valence-electron chi connectivity index (χ1n) is 8.44. The van der Waals surface area contributed by atoms with E-state index in [9.17, 15) is 9.90 Å². The topological polar surface area (TPSA) is 70.4 Å². The molecule has 6 heteroatoms. The summed E-state index contributed by atoms with van der Waals surface area (Å²) >= 11 is 0. The zero-order chi connectivity index (χ0) is 16.8. The standard InChI is InChI=1S/C18H24N4O2/c23-17(14-22-11-5-9-19-22)13-21-10-4-6-15(12-21)18(24)20-16-7-2-1-3-8-16/h1-3,5,7-9,11,15,17,23H,4,6,10,12-14H2,(H,20,24)/t15-,17+/m1/s1. The quantitative estimate of drug-likeness (QED) is 0.845. The Morgan fingerprint density at radius 3 is 2.88 bits per heavy atom. The van der Waals surface area contributed by atoms with E-state index < -0.39 is 6.10 Å². The molecule has 2 aromatic rings. The Bertz CT molecular complexity index is 630. The summed E-state index contributed by atoms with van der Waals surface area (Å²) in [5, 5.41) is 17.3. The molecular weight excluding hydrogens is 304 g/mol. The van der Waals surface area contributed by atoms with Gasteiger partial charge in [0, 0.05) is 31.2 Å². The SMILES string of the molecule is O=C(Nc1ccccc1)[C@@H]1CCCN(C[C@H](O)Cn2cccn2)C1. The highest BCUT2D eigenvalue weighted by Gasteiger charge is 2.27. The molecule has 0 unspecified atom stereocenters. The smallest absolute Gasteiger partial charge is 0.228 e. The van der Waals surface area contributed by atoms with E-state index in [1.165, 1.54) is 0 Å². The Labute approximate surface area is 142 Å². The molecule has 1 amide bonds. The van der Waals surface area contributed by atoms with Crippen LogP contribution >= 0.6 is 0 Å². The maximum Gasteiger partial charge on any atom is 0.228 e. The number of likely N-dealkylation sites (tertiary alicyclic amines) is 1. The van der Waals surface area contributed by atoms with Gasteiger partial charge in [-0.05, 0) is 37.6 Å². The number of carbonyl (C=O) groups is 1. The predicted octanol–water partition coefficient (Wildman–Crippen LogP) is 1.59. The van der Waals surface area contributed by atoms with Crippen molar-refractivity contribution in [3.8, 4) is 0 Å². The molecule has 0 aliphatic carbocycles. The highest BCUT2D eigenvalue weighted by molar-refractivity contribution is 5.92. The van der Waals surface area contributed by atoms with Crippen molar-refractivity contribution in [3.05, 3.63) is 48.8 Å². The average molecular weight is 328 g/mol. The van der Waals surface area contributed by atoms with Gasteiger partial charge in [-0.15, -0.1) is 0 Å². The monoisotopic (exact) mass is 328 g/mol. The maximum absolute atomic E-state index is 12.4. The molecule has 2 atom stereocenters. The van der Waals surface area contributed by atoms with Gasteiger partial charge in [0.05, 0.1) is 18.6 Å². The molecule has 6 nitrogen and oxygen atoms in total. The molecule has 1 aromatic heterocycles. The lowest BCUT2D eigenvalue weighted by Gasteiger charge is -2.33. The lowest BCUT2D eigenvalue weighted by molar-refractivity contribution is -0.121. The summed E-state index contributed by atoms with van der Waals surface area (Å²) in [7, 11) is 0. The summed E-state index contributed by atoms with van der Waals surface area (Å²) in [6.07, 6.45) is 4.93. The van der Waals surface area contributed by atoms with Gasteiger partial charge >= 0.3 is 0 Å². The third-order valence-corrected chi connectivity index (χ3v) is 4.34. The van der Waals surface area contributed by atoms with Gasteiger partial charge in [-0.2, -0.15) is 5.10 Å². The number of aliphatic hydroxyl groups is 1. The molecule has 1 aromatic carbocycles. The third-order valence-electron chi connectivity index (χ3n) is 4.34. The molecule has 1 fully saturated rings. The number of carbonyl (C=O) groups excluding carboxylic acids is 1. The molecule has 0 radical (unpaired) electrons. The largest absolute Gasteiger partial charge is 0.390 e. The van der Waals surface area contributed by atoms with Crippen LogP contribution in [0.1, 0.15) is 12.8 Å². The number of amides is 1. The minimum absolute atomic E-state index is 0.0316. The van der Waals surface area contributed by atoms with Gasteiger partial charge < -0.3 is 10.4 Å². The van der Waals surface area contributed by atoms with E-state index >= 15 is 0 Å². The molecule has 0 saturated carbocycles. The van der Waals surface area contributed by atoms with Gasteiger partial charge in [-0.1, -0.05) is 18.2 Å². The summed E-state index contributed by atoms with van der Waals surface area (Å²) in [6, 6.07) is 11.4. The number of para-hydroxylation sites is 1. The van der Waals surface area contributed by atoms with Gasteiger partial charge in [0.25, 0.3) is 0 Å². The maximum atomic E-state index is 12.4. The van der Waals surface area contributed by atoms with Gasteiger partial charge in [0.2, 0.25) is 5.91 Å². The van der Waals surface area contributed by atoms with E-state index in [1.807, 2.05) is 42.6 Å². The van der Waals surface area contributed by atoms with E-state index in [1.54, 1.807) is 10.9 Å². The van der Waals surface area contributed by atoms with Crippen LogP contribution in [-0.4, -0.2) is 51.4 Å². The number of nitrogens with one attached hydrogen (secondary N) is 1. The fourth-order valence-corrected chi connectivity index (χ4v) is 3.18. The first kappa shape index (κ1) is 16.7. The summed E-state index contributed by atoms with van der Waals surface area (Å²) in [5.41, 5.74) is 0.832. The van der Waals surface area contributed by atoms with Crippen LogP contribution in [0, 0.1) is 5.92 Å². The number of hydrogen-bond acceptors (Lipinski definition) is 4. The minimum Gasteiger partial charge on any atom is -0.390 e. The molecule has 1 aliphatic heterocycles. The van der Waals surface area contributed by atoms with Crippen LogP contribution in [0.2, 0.25) is 0 Å². The fourth-order valence-electron chi connectivity index (χ4n) is 3.18. The Hall–Kier alpha value is -2.18. The number of benzene rings is 1. The number of anilines is 1. The van der Waals surface area contributed by atoms with Crippen molar-refractivity contribution in [2.45, 2.75) is 25.5 Å². The van der Waals surface area contributed by atoms with Crippen LogP contribution in [-0.2, 0) is 11.3 Å². The van der Waals surface area contributed by atoms with Gasteiger partial charge in [0.15, 0.2) is 0 Å². The van der Waals surface area contributed by atoms with Crippen molar-refractivity contribution >= 4 is 11.6 Å². The molecule has 24 heavy (non-hydrogen) atoms. The van der Waals surface area contributed by atoms with Crippen molar-refractivity contribution in [3.63, 3.8) is 0 Å². The summed E-state index contributed by atoms with van der Waals surface area (Å²) in [4.78, 5) is 14.6. The highest BCUT2D eigenvalue weighted by Crippen LogP contribution is 2.19. The molecule has 1 aliphatic rings. The Balaban J connectivity index is 1.49. The first-order valence-corrected chi connectivity index (χ1v) is 8.44. The predicted molar refractivity (Wildman–Crippen MR) is 92.5 cm³/mol. The van der Waals surface area contributed by atoms with Gasteiger partial charge in [-0.25, -0.2) is 0 Å². The molecular formula is C18H24N4O2. The number of piperidine rings is 1. The van der Waals surface area contributed by atoms with Crippen LogP contribution in [0.25, 0.3) is 0 Å².